The molecule has 0 fully saturated rings. The minimum atomic E-state index is 0.764. The number of carbonyl (C=O) groups excluding carboxylic acids is 1. The first-order chi connectivity index (χ1) is 6.76. The molecular formula is C10H8OS3. The molecule has 0 N–H and O–H groups in total. The average molecular weight is 240 g/mol. The molecule has 0 aliphatic carbocycles. The summed E-state index contributed by atoms with van der Waals surface area (Å²) in [5, 5.41) is 1.16. The summed E-state index contributed by atoms with van der Waals surface area (Å²) in [5.41, 5.74) is 0.764. The Morgan fingerprint density at radius 3 is 2.93 bits per heavy atom. The third-order valence-electron chi connectivity index (χ3n) is 1.99. The van der Waals surface area contributed by atoms with Crippen molar-refractivity contribution in [3.63, 3.8) is 0 Å². The monoisotopic (exact) mass is 240 g/mol. The maximum absolute atomic E-state index is 10.8. The number of thioether (sulfide) groups is 1. The maximum Gasteiger partial charge on any atom is 0.151 e. The number of thiol groups is 1. The van der Waals surface area contributed by atoms with Crippen LogP contribution >= 0.6 is 35.7 Å². The van der Waals surface area contributed by atoms with Gasteiger partial charge in [0.2, 0.25) is 0 Å². The van der Waals surface area contributed by atoms with E-state index in [-0.39, 0.29) is 0 Å². The third kappa shape index (κ3) is 1.58. The highest BCUT2D eigenvalue weighted by Crippen LogP contribution is 2.36. The number of hydrogen-bond donors (Lipinski definition) is 1. The number of rotatable bonds is 2. The molecule has 0 saturated heterocycles. The molecule has 4 heteroatoms. The van der Waals surface area contributed by atoms with Gasteiger partial charge in [-0.05, 0) is 23.8 Å². The molecule has 0 unspecified atom stereocenters. The molecular weight excluding hydrogens is 232 g/mol. The summed E-state index contributed by atoms with van der Waals surface area (Å²) in [5.74, 6) is 0. The van der Waals surface area contributed by atoms with E-state index in [4.69, 9.17) is 0 Å². The molecule has 72 valence electrons. The van der Waals surface area contributed by atoms with Crippen LogP contribution in [0.4, 0.5) is 0 Å². The Morgan fingerprint density at radius 2 is 2.29 bits per heavy atom. The van der Waals surface area contributed by atoms with E-state index in [9.17, 15) is 4.79 Å². The summed E-state index contributed by atoms with van der Waals surface area (Å²) in [6, 6.07) is 5.85. The minimum Gasteiger partial charge on any atom is -0.298 e. The van der Waals surface area contributed by atoms with Gasteiger partial charge in [0.1, 0.15) is 0 Å². The molecule has 0 atom stereocenters. The van der Waals surface area contributed by atoms with E-state index in [1.807, 2.05) is 24.5 Å². The van der Waals surface area contributed by atoms with Gasteiger partial charge in [0, 0.05) is 15.2 Å². The number of aldehydes is 1. The Bertz CT molecular complexity index is 487. The first kappa shape index (κ1) is 10.1. The molecule has 1 heterocycles. The van der Waals surface area contributed by atoms with Crippen LogP contribution in [-0.2, 0) is 0 Å². The Labute approximate surface area is 95.9 Å². The summed E-state index contributed by atoms with van der Waals surface area (Å²) in [6.07, 6.45) is 2.89. The van der Waals surface area contributed by atoms with Gasteiger partial charge < -0.3 is 0 Å². The zero-order chi connectivity index (χ0) is 10.1. The standard InChI is InChI=1S/C10H8OS3/c1-13-9-7(5-11)3-2-6-4-8(12)14-10(6)9/h2-5,12H,1H3. The molecule has 0 aliphatic heterocycles. The van der Waals surface area contributed by atoms with Crippen LogP contribution in [0.1, 0.15) is 10.4 Å². The second kappa shape index (κ2) is 3.96. The molecule has 0 saturated carbocycles. The quantitative estimate of drug-likeness (QED) is 0.489. The van der Waals surface area contributed by atoms with E-state index in [1.54, 1.807) is 23.1 Å². The van der Waals surface area contributed by atoms with Crippen molar-refractivity contribution in [3.8, 4) is 0 Å². The largest absolute Gasteiger partial charge is 0.298 e. The lowest BCUT2D eigenvalue weighted by Crippen LogP contribution is -1.83. The summed E-state index contributed by atoms with van der Waals surface area (Å²) in [4.78, 5) is 11.9. The first-order valence-electron chi connectivity index (χ1n) is 4.01. The van der Waals surface area contributed by atoms with Crippen LogP contribution in [-0.4, -0.2) is 12.5 Å². The maximum atomic E-state index is 10.8. The number of fused-ring (bicyclic) bond motifs is 1. The van der Waals surface area contributed by atoms with Crippen molar-refractivity contribution in [1.29, 1.82) is 0 Å². The molecule has 0 amide bonds. The SMILES string of the molecule is CSc1c(C=O)ccc2cc(S)sc12. The summed E-state index contributed by atoms with van der Waals surface area (Å²) in [6.45, 7) is 0. The number of hydrogen-bond acceptors (Lipinski definition) is 4. The molecule has 0 bridgehead atoms. The van der Waals surface area contributed by atoms with Crippen molar-refractivity contribution in [3.05, 3.63) is 23.8 Å². The second-order valence-corrected chi connectivity index (χ2v) is 5.46. The van der Waals surface area contributed by atoms with Crippen LogP contribution in [0.15, 0.2) is 27.3 Å². The van der Waals surface area contributed by atoms with E-state index in [2.05, 4.69) is 12.6 Å². The molecule has 0 spiro atoms. The van der Waals surface area contributed by atoms with E-state index in [0.717, 1.165) is 31.0 Å². The summed E-state index contributed by atoms with van der Waals surface area (Å²) < 4.78 is 2.14. The van der Waals surface area contributed by atoms with Crippen LogP contribution < -0.4 is 0 Å². The van der Waals surface area contributed by atoms with Crippen molar-refractivity contribution in [2.45, 2.75) is 9.10 Å². The lowest BCUT2D eigenvalue weighted by atomic mass is 10.2. The Hall–Kier alpha value is -0.450. The number of thiophene rings is 1. The molecule has 0 radical (unpaired) electrons. The van der Waals surface area contributed by atoms with Crippen molar-refractivity contribution in [2.75, 3.05) is 6.26 Å². The van der Waals surface area contributed by atoms with Crippen LogP contribution in [0, 0.1) is 0 Å². The van der Waals surface area contributed by atoms with Crippen LogP contribution in [0.5, 0.6) is 0 Å². The molecule has 1 nitrogen and oxygen atoms in total. The lowest BCUT2D eigenvalue weighted by Gasteiger charge is -2.01. The van der Waals surface area contributed by atoms with E-state index in [0.29, 0.717) is 0 Å². The van der Waals surface area contributed by atoms with Gasteiger partial charge in [-0.25, -0.2) is 0 Å². The molecule has 1 aromatic carbocycles. The lowest BCUT2D eigenvalue weighted by molar-refractivity contribution is 0.112. The molecule has 2 aromatic rings. The smallest absolute Gasteiger partial charge is 0.151 e. The van der Waals surface area contributed by atoms with Gasteiger partial charge in [-0.1, -0.05) is 6.07 Å². The third-order valence-corrected chi connectivity index (χ3v) is 4.34. The zero-order valence-corrected chi connectivity index (χ0v) is 10.0. The van der Waals surface area contributed by atoms with Crippen molar-refractivity contribution in [2.24, 2.45) is 0 Å². The highest BCUT2D eigenvalue weighted by atomic mass is 32.2. The van der Waals surface area contributed by atoms with E-state index < -0.39 is 0 Å². The Morgan fingerprint density at radius 1 is 1.50 bits per heavy atom. The molecule has 0 aliphatic rings. The fourth-order valence-electron chi connectivity index (χ4n) is 1.38. The van der Waals surface area contributed by atoms with Crippen LogP contribution in [0.25, 0.3) is 10.1 Å². The first-order valence-corrected chi connectivity index (χ1v) is 6.50. The number of carbonyl (C=O) groups is 1. The van der Waals surface area contributed by atoms with Crippen molar-refractivity contribution < 1.29 is 4.79 Å². The Balaban J connectivity index is 2.82. The number of benzene rings is 1. The Kier molecular flexibility index (Phi) is 2.85. The normalized spacial score (nSPS) is 10.7. The fraction of sp³-hybridized carbons (Fsp3) is 0.100. The van der Waals surface area contributed by atoms with Crippen molar-refractivity contribution in [1.82, 2.24) is 0 Å². The molecule has 2 rings (SSSR count). The highest BCUT2D eigenvalue weighted by molar-refractivity contribution is 7.99. The average Bonchev–Trinajstić information content (AvgIpc) is 2.56. The molecule has 14 heavy (non-hydrogen) atoms. The van der Waals surface area contributed by atoms with E-state index in [1.165, 1.54) is 0 Å². The van der Waals surface area contributed by atoms with Gasteiger partial charge >= 0.3 is 0 Å². The van der Waals surface area contributed by atoms with E-state index >= 15 is 0 Å². The highest BCUT2D eigenvalue weighted by Gasteiger charge is 2.08. The second-order valence-electron chi connectivity index (χ2n) is 2.81. The zero-order valence-electron chi connectivity index (χ0n) is 7.48. The van der Waals surface area contributed by atoms with Crippen LogP contribution in [0.2, 0.25) is 0 Å². The summed E-state index contributed by atoms with van der Waals surface area (Å²) in [7, 11) is 0. The van der Waals surface area contributed by atoms with Crippen molar-refractivity contribution >= 4 is 52.1 Å². The predicted octanol–water partition coefficient (Wildman–Crippen LogP) is 3.72. The minimum absolute atomic E-state index is 0.764. The van der Waals surface area contributed by atoms with Gasteiger partial charge in [0.15, 0.2) is 6.29 Å². The molecule has 1 aromatic heterocycles. The predicted molar refractivity (Wildman–Crippen MR) is 66.2 cm³/mol. The topological polar surface area (TPSA) is 17.1 Å². The fourth-order valence-corrected chi connectivity index (χ4v) is 3.68. The van der Waals surface area contributed by atoms with Gasteiger partial charge in [0.05, 0.1) is 4.21 Å². The van der Waals surface area contributed by atoms with Gasteiger partial charge in [-0.15, -0.1) is 35.7 Å². The van der Waals surface area contributed by atoms with Gasteiger partial charge in [-0.3, -0.25) is 4.79 Å². The summed E-state index contributed by atoms with van der Waals surface area (Å²) >= 11 is 7.54. The van der Waals surface area contributed by atoms with Crippen LogP contribution in [0.3, 0.4) is 0 Å². The van der Waals surface area contributed by atoms with Gasteiger partial charge in [0.25, 0.3) is 0 Å². The van der Waals surface area contributed by atoms with Gasteiger partial charge in [-0.2, -0.15) is 0 Å².